The molecule has 3 nitrogen and oxygen atoms in total. The van der Waals surface area contributed by atoms with Crippen LogP contribution in [0.2, 0.25) is 0 Å². The van der Waals surface area contributed by atoms with E-state index in [1.165, 1.54) is 0 Å². The zero-order chi connectivity index (χ0) is 13.5. The van der Waals surface area contributed by atoms with Gasteiger partial charge in [0.2, 0.25) is 5.91 Å². The first-order valence-electron chi connectivity index (χ1n) is 6.26. The number of hydrogen-bond donors (Lipinski definition) is 1. The molecule has 1 amide bonds. The Morgan fingerprint density at radius 1 is 1.56 bits per heavy atom. The largest absolute Gasteiger partial charge is 0.383 e. The molecule has 3 heteroatoms. The fourth-order valence-corrected chi connectivity index (χ4v) is 1.71. The maximum atomic E-state index is 11.3. The Kier molecular flexibility index (Phi) is 5.43. The first-order chi connectivity index (χ1) is 8.54. The zero-order valence-corrected chi connectivity index (χ0v) is 11.4. The van der Waals surface area contributed by atoms with E-state index in [9.17, 15) is 4.79 Å². The Morgan fingerprint density at radius 3 is 2.89 bits per heavy atom. The first kappa shape index (κ1) is 14.3. The van der Waals surface area contributed by atoms with Crippen LogP contribution < -0.4 is 10.2 Å². The van der Waals surface area contributed by atoms with E-state index < -0.39 is 0 Å². The molecular formula is C15H22N2O. The predicted molar refractivity (Wildman–Crippen MR) is 78.0 cm³/mol. The molecule has 0 saturated carbocycles. The minimum Gasteiger partial charge on any atom is -0.383 e. The summed E-state index contributed by atoms with van der Waals surface area (Å²) >= 11 is 0. The van der Waals surface area contributed by atoms with Gasteiger partial charge in [0.1, 0.15) is 0 Å². The van der Waals surface area contributed by atoms with Gasteiger partial charge in [0.15, 0.2) is 0 Å². The van der Waals surface area contributed by atoms with Gasteiger partial charge in [-0.05, 0) is 38.0 Å². The molecule has 0 spiro atoms. The van der Waals surface area contributed by atoms with Crippen molar-refractivity contribution in [3.63, 3.8) is 0 Å². The normalized spacial score (nSPS) is 11.7. The molecule has 0 radical (unpaired) electrons. The van der Waals surface area contributed by atoms with Gasteiger partial charge < -0.3 is 10.2 Å². The number of amides is 1. The average Bonchev–Trinajstić information content (AvgIpc) is 2.35. The molecular weight excluding hydrogens is 224 g/mol. The van der Waals surface area contributed by atoms with Crippen LogP contribution >= 0.6 is 0 Å². The molecule has 0 unspecified atom stereocenters. The van der Waals surface area contributed by atoms with E-state index in [-0.39, 0.29) is 5.91 Å². The number of nitrogens with zero attached hydrogens (tertiary/aromatic N) is 1. The molecule has 0 aliphatic rings. The van der Waals surface area contributed by atoms with Gasteiger partial charge >= 0.3 is 0 Å². The summed E-state index contributed by atoms with van der Waals surface area (Å²) < 4.78 is 0. The smallest absolute Gasteiger partial charge is 0.223 e. The number of allylic oxidation sites excluding steroid dienone is 1. The molecule has 0 aliphatic carbocycles. The molecule has 1 N–H and O–H groups in total. The van der Waals surface area contributed by atoms with Gasteiger partial charge in [-0.2, -0.15) is 0 Å². The number of rotatable bonds is 6. The number of anilines is 2. The van der Waals surface area contributed by atoms with Gasteiger partial charge in [-0.25, -0.2) is 0 Å². The summed E-state index contributed by atoms with van der Waals surface area (Å²) in [5, 5.41) is 3.43. The van der Waals surface area contributed by atoms with Gasteiger partial charge in [0, 0.05) is 31.4 Å². The van der Waals surface area contributed by atoms with Crippen LogP contribution in [0.1, 0.15) is 26.7 Å². The lowest BCUT2D eigenvalue weighted by Crippen LogP contribution is -2.23. The van der Waals surface area contributed by atoms with E-state index in [1.807, 2.05) is 30.3 Å². The van der Waals surface area contributed by atoms with Crippen molar-refractivity contribution in [3.8, 4) is 0 Å². The van der Waals surface area contributed by atoms with Crippen molar-refractivity contribution in [2.75, 3.05) is 17.3 Å². The monoisotopic (exact) mass is 246 g/mol. The molecule has 0 saturated heterocycles. The summed E-state index contributed by atoms with van der Waals surface area (Å²) in [7, 11) is 1.78. The van der Waals surface area contributed by atoms with Gasteiger partial charge in [-0.15, -0.1) is 6.58 Å². The lowest BCUT2D eigenvalue weighted by Gasteiger charge is -2.18. The summed E-state index contributed by atoms with van der Waals surface area (Å²) in [6, 6.07) is 8.28. The third kappa shape index (κ3) is 4.24. The van der Waals surface area contributed by atoms with Gasteiger partial charge in [-0.3, -0.25) is 4.79 Å². The van der Waals surface area contributed by atoms with Gasteiger partial charge in [0.25, 0.3) is 0 Å². The van der Waals surface area contributed by atoms with Crippen LogP contribution in [0.4, 0.5) is 11.4 Å². The van der Waals surface area contributed by atoms with E-state index in [1.54, 1.807) is 18.9 Å². The molecule has 1 aromatic carbocycles. The van der Waals surface area contributed by atoms with Crippen LogP contribution in [0.25, 0.3) is 0 Å². The lowest BCUT2D eigenvalue weighted by atomic mass is 10.1. The first-order valence-corrected chi connectivity index (χ1v) is 6.26. The van der Waals surface area contributed by atoms with E-state index in [0.717, 1.165) is 24.2 Å². The summed E-state index contributed by atoms with van der Waals surface area (Å²) in [6.07, 6.45) is 3.98. The molecule has 0 fully saturated rings. The van der Waals surface area contributed by atoms with E-state index in [4.69, 9.17) is 0 Å². The second-order valence-electron chi connectivity index (χ2n) is 4.54. The Hall–Kier alpha value is -1.77. The van der Waals surface area contributed by atoms with Crippen LogP contribution in [-0.4, -0.2) is 19.0 Å². The van der Waals surface area contributed by atoms with Crippen molar-refractivity contribution in [3.05, 3.63) is 36.9 Å². The highest BCUT2D eigenvalue weighted by molar-refractivity contribution is 5.91. The zero-order valence-electron chi connectivity index (χ0n) is 11.4. The highest BCUT2D eigenvalue weighted by Crippen LogP contribution is 2.19. The fourth-order valence-electron chi connectivity index (χ4n) is 1.71. The van der Waals surface area contributed by atoms with E-state index in [0.29, 0.717) is 6.04 Å². The number of benzene rings is 1. The second kappa shape index (κ2) is 6.84. The minimum absolute atomic E-state index is 0.0341. The molecule has 1 atom stereocenters. The number of nitrogens with one attached hydrogen (secondary N) is 1. The maximum Gasteiger partial charge on any atom is 0.223 e. The van der Waals surface area contributed by atoms with Crippen LogP contribution in [0.3, 0.4) is 0 Å². The van der Waals surface area contributed by atoms with Crippen molar-refractivity contribution in [2.24, 2.45) is 0 Å². The van der Waals surface area contributed by atoms with Crippen LogP contribution in [0.5, 0.6) is 0 Å². The molecule has 98 valence electrons. The predicted octanol–water partition coefficient (Wildman–Crippen LogP) is 3.44. The maximum absolute atomic E-state index is 11.3. The standard InChI is InChI=1S/C15H22N2O/c1-5-6-8-12(2)16-14-9-7-10-15(11-14)17(4)13(3)18/h5,7,9-12,16H,1,6,8H2,2-4H3/t12-/m0/s1. The highest BCUT2D eigenvalue weighted by Gasteiger charge is 2.07. The molecule has 0 bridgehead atoms. The topological polar surface area (TPSA) is 32.3 Å². The van der Waals surface area contributed by atoms with Crippen LogP contribution in [0.15, 0.2) is 36.9 Å². The molecule has 0 aliphatic heterocycles. The number of hydrogen-bond acceptors (Lipinski definition) is 2. The quantitative estimate of drug-likeness (QED) is 0.780. The van der Waals surface area contributed by atoms with Gasteiger partial charge in [-0.1, -0.05) is 12.1 Å². The van der Waals surface area contributed by atoms with E-state index >= 15 is 0 Å². The van der Waals surface area contributed by atoms with Crippen molar-refractivity contribution in [2.45, 2.75) is 32.7 Å². The molecule has 0 heterocycles. The highest BCUT2D eigenvalue weighted by atomic mass is 16.2. The number of carbonyl (C=O) groups excluding carboxylic acids is 1. The second-order valence-corrected chi connectivity index (χ2v) is 4.54. The Balaban J connectivity index is 2.70. The fraction of sp³-hybridized carbons (Fsp3) is 0.400. The van der Waals surface area contributed by atoms with Crippen LogP contribution in [-0.2, 0) is 4.79 Å². The van der Waals surface area contributed by atoms with Crippen LogP contribution in [0, 0.1) is 0 Å². The minimum atomic E-state index is 0.0341. The van der Waals surface area contributed by atoms with Crippen molar-refractivity contribution >= 4 is 17.3 Å². The Labute approximate surface area is 109 Å². The van der Waals surface area contributed by atoms with Crippen molar-refractivity contribution in [1.29, 1.82) is 0 Å². The average molecular weight is 246 g/mol. The third-order valence-corrected chi connectivity index (χ3v) is 2.92. The molecule has 0 aromatic heterocycles. The molecule has 1 rings (SSSR count). The third-order valence-electron chi connectivity index (χ3n) is 2.92. The Bertz CT molecular complexity index is 415. The summed E-state index contributed by atoms with van der Waals surface area (Å²) in [5.41, 5.74) is 1.94. The van der Waals surface area contributed by atoms with Crippen molar-refractivity contribution < 1.29 is 4.79 Å². The Morgan fingerprint density at radius 2 is 2.28 bits per heavy atom. The summed E-state index contributed by atoms with van der Waals surface area (Å²) in [4.78, 5) is 13.0. The molecule has 1 aromatic rings. The van der Waals surface area contributed by atoms with Crippen molar-refractivity contribution in [1.82, 2.24) is 0 Å². The van der Waals surface area contributed by atoms with Gasteiger partial charge in [0.05, 0.1) is 0 Å². The van der Waals surface area contributed by atoms with E-state index in [2.05, 4.69) is 18.8 Å². The SMILES string of the molecule is C=CCC[C@H](C)Nc1cccc(N(C)C(C)=O)c1. The summed E-state index contributed by atoms with van der Waals surface area (Å²) in [5.74, 6) is 0.0341. The molecule has 18 heavy (non-hydrogen) atoms. The lowest BCUT2D eigenvalue weighted by molar-refractivity contribution is -0.116. The summed E-state index contributed by atoms with van der Waals surface area (Å²) in [6.45, 7) is 7.43. The number of carbonyl (C=O) groups is 1.